The largest absolute Gasteiger partial charge is 0.317 e. The van der Waals surface area contributed by atoms with Gasteiger partial charge in [-0.15, -0.1) is 0 Å². The minimum absolute atomic E-state index is 0.0337. The maximum Gasteiger partial charge on any atom is 0.0680 e. The van der Waals surface area contributed by atoms with Gasteiger partial charge < -0.3 is 5.73 Å². The molecule has 0 radical (unpaired) electrons. The summed E-state index contributed by atoms with van der Waals surface area (Å²) in [6.45, 7) is 6.54. The molecule has 0 aromatic rings. The van der Waals surface area contributed by atoms with Crippen molar-refractivity contribution in [2.45, 2.75) is 37.2 Å². The molecule has 0 aliphatic rings. The molecule has 0 rings (SSSR count). The highest BCUT2D eigenvalue weighted by molar-refractivity contribution is 14.1. The van der Waals surface area contributed by atoms with Crippen LogP contribution in [0.15, 0.2) is 0 Å². The molecule has 0 aliphatic heterocycles. The lowest BCUT2D eigenvalue weighted by atomic mass is 10.0. The Bertz CT molecular complexity index is 79.0. The van der Waals surface area contributed by atoms with Crippen LogP contribution >= 0.6 is 22.6 Å². The Morgan fingerprint density at radius 2 is 2.00 bits per heavy atom. The predicted octanol–water partition coefficient (Wildman–Crippen LogP) is 2.53. The standard InChI is InChI=1S/C7H16IN/c1-4-7(8,9)5-6(2)3/h6H,4-5,9H2,1-3H3. The Morgan fingerprint density at radius 3 is 2.11 bits per heavy atom. The van der Waals surface area contributed by atoms with Crippen LogP contribution in [-0.2, 0) is 0 Å². The number of alkyl halides is 1. The number of rotatable bonds is 3. The SMILES string of the molecule is CCC(N)(I)CC(C)C. The first kappa shape index (κ1) is 9.69. The zero-order chi connectivity index (χ0) is 7.49. The molecule has 0 aromatic heterocycles. The van der Waals surface area contributed by atoms with Crippen molar-refractivity contribution >= 4 is 22.6 Å². The van der Waals surface area contributed by atoms with Crippen LogP contribution in [0.4, 0.5) is 0 Å². The molecular weight excluding hydrogens is 225 g/mol. The molecule has 2 heteroatoms. The Labute approximate surface area is 71.5 Å². The van der Waals surface area contributed by atoms with Crippen LogP contribution in [0.2, 0.25) is 0 Å². The van der Waals surface area contributed by atoms with Crippen molar-refractivity contribution in [2.75, 3.05) is 0 Å². The van der Waals surface area contributed by atoms with Crippen LogP contribution in [0.3, 0.4) is 0 Å². The van der Waals surface area contributed by atoms with E-state index in [2.05, 4.69) is 43.4 Å². The van der Waals surface area contributed by atoms with Gasteiger partial charge in [-0.25, -0.2) is 0 Å². The molecule has 0 bridgehead atoms. The summed E-state index contributed by atoms with van der Waals surface area (Å²) in [6.07, 6.45) is 2.18. The van der Waals surface area contributed by atoms with Gasteiger partial charge in [0, 0.05) is 0 Å². The van der Waals surface area contributed by atoms with Crippen molar-refractivity contribution in [3.63, 3.8) is 0 Å². The van der Waals surface area contributed by atoms with Gasteiger partial charge in [-0.2, -0.15) is 0 Å². The molecule has 0 saturated heterocycles. The Hall–Kier alpha value is 0.690. The van der Waals surface area contributed by atoms with Gasteiger partial charge in [0.2, 0.25) is 0 Å². The second kappa shape index (κ2) is 3.76. The molecule has 0 fully saturated rings. The first-order valence-electron chi connectivity index (χ1n) is 3.45. The van der Waals surface area contributed by atoms with E-state index in [4.69, 9.17) is 5.73 Å². The fourth-order valence-corrected chi connectivity index (χ4v) is 1.70. The number of halogens is 1. The van der Waals surface area contributed by atoms with Gasteiger partial charge in [-0.05, 0) is 18.8 Å². The van der Waals surface area contributed by atoms with Crippen LogP contribution in [0, 0.1) is 5.92 Å². The van der Waals surface area contributed by atoms with Gasteiger partial charge in [-0.3, -0.25) is 0 Å². The van der Waals surface area contributed by atoms with Crippen LogP contribution in [0.5, 0.6) is 0 Å². The summed E-state index contributed by atoms with van der Waals surface area (Å²) in [6, 6.07) is 0. The van der Waals surface area contributed by atoms with Crippen molar-refractivity contribution in [1.29, 1.82) is 0 Å². The minimum Gasteiger partial charge on any atom is -0.317 e. The van der Waals surface area contributed by atoms with E-state index in [1.807, 2.05) is 0 Å². The fraction of sp³-hybridized carbons (Fsp3) is 1.00. The average molecular weight is 241 g/mol. The van der Waals surface area contributed by atoms with Gasteiger partial charge in [0.05, 0.1) is 3.55 Å². The van der Waals surface area contributed by atoms with E-state index in [0.717, 1.165) is 12.8 Å². The number of nitrogens with two attached hydrogens (primary N) is 1. The molecule has 2 N–H and O–H groups in total. The van der Waals surface area contributed by atoms with Crippen molar-refractivity contribution in [3.05, 3.63) is 0 Å². The molecule has 0 saturated carbocycles. The van der Waals surface area contributed by atoms with Crippen molar-refractivity contribution < 1.29 is 0 Å². The monoisotopic (exact) mass is 241 g/mol. The van der Waals surface area contributed by atoms with Crippen LogP contribution in [0.1, 0.15) is 33.6 Å². The highest BCUT2D eigenvalue weighted by Gasteiger charge is 2.18. The van der Waals surface area contributed by atoms with Crippen molar-refractivity contribution in [2.24, 2.45) is 11.7 Å². The lowest BCUT2D eigenvalue weighted by Crippen LogP contribution is -2.32. The van der Waals surface area contributed by atoms with Gasteiger partial charge in [0.25, 0.3) is 0 Å². The summed E-state index contributed by atoms with van der Waals surface area (Å²) in [7, 11) is 0. The zero-order valence-corrected chi connectivity index (χ0v) is 8.60. The van der Waals surface area contributed by atoms with Gasteiger partial charge in [-0.1, -0.05) is 43.4 Å². The third kappa shape index (κ3) is 5.15. The van der Waals surface area contributed by atoms with E-state index < -0.39 is 0 Å². The Morgan fingerprint density at radius 1 is 1.56 bits per heavy atom. The lowest BCUT2D eigenvalue weighted by molar-refractivity contribution is 0.469. The van der Waals surface area contributed by atoms with Crippen LogP contribution < -0.4 is 5.73 Å². The van der Waals surface area contributed by atoms with E-state index in [-0.39, 0.29) is 3.55 Å². The summed E-state index contributed by atoms with van der Waals surface area (Å²) >= 11 is 2.33. The summed E-state index contributed by atoms with van der Waals surface area (Å²) in [5.41, 5.74) is 5.90. The lowest BCUT2D eigenvalue weighted by Gasteiger charge is -2.22. The summed E-state index contributed by atoms with van der Waals surface area (Å²) < 4.78 is 0.0337. The Balaban J connectivity index is 3.58. The van der Waals surface area contributed by atoms with E-state index in [9.17, 15) is 0 Å². The molecule has 1 nitrogen and oxygen atoms in total. The zero-order valence-electron chi connectivity index (χ0n) is 6.45. The smallest absolute Gasteiger partial charge is 0.0680 e. The van der Waals surface area contributed by atoms with Crippen LogP contribution in [0.25, 0.3) is 0 Å². The molecular formula is C7H16IN. The molecule has 0 aliphatic carbocycles. The first-order chi connectivity index (χ1) is 3.98. The third-order valence-electron chi connectivity index (χ3n) is 1.34. The van der Waals surface area contributed by atoms with Crippen molar-refractivity contribution in [1.82, 2.24) is 0 Å². The maximum absolute atomic E-state index is 5.90. The summed E-state index contributed by atoms with van der Waals surface area (Å²) in [4.78, 5) is 0. The Kier molecular flexibility index (Phi) is 4.05. The maximum atomic E-state index is 5.90. The second-order valence-corrected chi connectivity index (χ2v) is 5.13. The predicted molar refractivity (Wildman–Crippen MR) is 50.7 cm³/mol. The summed E-state index contributed by atoms with van der Waals surface area (Å²) in [5, 5.41) is 0. The highest BCUT2D eigenvalue weighted by atomic mass is 127. The third-order valence-corrected chi connectivity index (χ3v) is 2.54. The summed E-state index contributed by atoms with van der Waals surface area (Å²) in [5.74, 6) is 0.715. The molecule has 1 unspecified atom stereocenters. The molecule has 56 valence electrons. The molecule has 0 spiro atoms. The second-order valence-electron chi connectivity index (χ2n) is 2.99. The van der Waals surface area contributed by atoms with E-state index in [1.54, 1.807) is 0 Å². The van der Waals surface area contributed by atoms with E-state index in [1.165, 1.54) is 0 Å². The topological polar surface area (TPSA) is 26.0 Å². The average Bonchev–Trinajstić information content (AvgIpc) is 1.63. The highest BCUT2D eigenvalue weighted by Crippen LogP contribution is 2.24. The van der Waals surface area contributed by atoms with Crippen LogP contribution in [-0.4, -0.2) is 3.55 Å². The minimum atomic E-state index is 0.0337. The molecule has 1 atom stereocenters. The van der Waals surface area contributed by atoms with E-state index >= 15 is 0 Å². The quantitative estimate of drug-likeness (QED) is 0.458. The van der Waals surface area contributed by atoms with Crippen molar-refractivity contribution in [3.8, 4) is 0 Å². The molecule has 0 aromatic carbocycles. The molecule has 0 amide bonds. The number of hydrogen-bond acceptors (Lipinski definition) is 1. The first-order valence-corrected chi connectivity index (χ1v) is 4.53. The van der Waals surface area contributed by atoms with Gasteiger partial charge >= 0.3 is 0 Å². The fourth-order valence-electron chi connectivity index (χ4n) is 0.823. The number of hydrogen-bond donors (Lipinski definition) is 1. The van der Waals surface area contributed by atoms with E-state index in [0.29, 0.717) is 5.92 Å². The van der Waals surface area contributed by atoms with Gasteiger partial charge in [0.15, 0.2) is 0 Å². The van der Waals surface area contributed by atoms with Gasteiger partial charge in [0.1, 0.15) is 0 Å². The normalized spacial score (nSPS) is 18.0. The molecule has 9 heavy (non-hydrogen) atoms. The molecule has 0 heterocycles.